The third-order valence-corrected chi connectivity index (χ3v) is 6.80. The first-order valence-corrected chi connectivity index (χ1v) is 11.7. The maximum Gasteiger partial charge on any atom is 0.338 e. The van der Waals surface area contributed by atoms with E-state index in [1.54, 1.807) is 42.5 Å². The van der Waals surface area contributed by atoms with E-state index in [1.165, 1.54) is 27.4 Å². The van der Waals surface area contributed by atoms with E-state index in [0.717, 1.165) is 0 Å². The van der Waals surface area contributed by atoms with Crippen LogP contribution in [-0.4, -0.2) is 80.7 Å². The molecule has 9 nitrogen and oxygen atoms in total. The van der Waals surface area contributed by atoms with Crippen LogP contribution in [0.2, 0.25) is 0 Å². The molecular weight excluding hydrogens is 466 g/mol. The Bertz CT molecular complexity index is 1090. The number of methoxy groups -OCH3 is 3. The molecule has 3 unspecified atom stereocenters. The van der Waals surface area contributed by atoms with Crippen molar-refractivity contribution in [2.75, 3.05) is 28.4 Å². The molecule has 9 heteroatoms. The van der Waals surface area contributed by atoms with Crippen molar-refractivity contribution in [1.82, 2.24) is 4.90 Å². The summed E-state index contributed by atoms with van der Waals surface area (Å²) in [6, 6.07) is 11.6. The number of esters is 2. The Morgan fingerprint density at radius 3 is 2.19 bits per heavy atom. The Kier molecular flexibility index (Phi) is 7.81. The largest absolute Gasteiger partial charge is 0.493 e. The van der Waals surface area contributed by atoms with E-state index in [1.807, 2.05) is 18.0 Å². The molecule has 2 saturated heterocycles. The minimum absolute atomic E-state index is 0.261. The molecule has 0 amide bonds. The van der Waals surface area contributed by atoms with Crippen molar-refractivity contribution in [1.29, 1.82) is 0 Å². The lowest BCUT2D eigenvalue weighted by Crippen LogP contribution is -2.46. The second-order valence-electron chi connectivity index (χ2n) is 8.85. The maximum atomic E-state index is 12.6. The van der Waals surface area contributed by atoms with E-state index in [2.05, 4.69) is 0 Å². The SMILES string of the molecule is COc1cc(/C=C/C(=O)OC2CC3[C@@H](OC(=O)c4ccccc4)[C@@H](O)C(C2)N3C)cc(OC)c1OC. The predicted octanol–water partition coefficient (Wildman–Crippen LogP) is 2.70. The van der Waals surface area contributed by atoms with E-state index in [4.69, 9.17) is 23.7 Å². The number of ether oxygens (including phenoxy) is 5. The number of fused-ring (bicyclic) bond motifs is 2. The quantitative estimate of drug-likeness (QED) is 0.435. The monoisotopic (exact) mass is 497 g/mol. The van der Waals surface area contributed by atoms with E-state index in [9.17, 15) is 14.7 Å². The number of aliphatic hydroxyl groups is 1. The van der Waals surface area contributed by atoms with Crippen molar-refractivity contribution in [3.63, 3.8) is 0 Å². The van der Waals surface area contributed by atoms with Crippen LogP contribution >= 0.6 is 0 Å². The standard InChI is InChI=1S/C27H31NO8/c1-28-19-14-18(15-20(28)25(24(19)30)36-27(31)17-8-6-5-7-9-17)35-23(29)11-10-16-12-21(32-2)26(34-4)22(13-16)33-3/h5-13,18-20,24-25,30H,14-15H2,1-4H3/b11-10+/t18?,19?,20?,24-,25+/m0/s1. The Hall–Kier alpha value is -3.56. The van der Waals surface area contributed by atoms with Crippen LogP contribution in [0, 0.1) is 0 Å². The minimum atomic E-state index is -0.869. The van der Waals surface area contributed by atoms with Gasteiger partial charge >= 0.3 is 11.9 Å². The Morgan fingerprint density at radius 2 is 1.58 bits per heavy atom. The lowest BCUT2D eigenvalue weighted by atomic mass is 10.00. The van der Waals surface area contributed by atoms with Gasteiger partial charge in [0.15, 0.2) is 11.5 Å². The van der Waals surface area contributed by atoms with Gasteiger partial charge in [-0.2, -0.15) is 0 Å². The number of aliphatic hydroxyl groups excluding tert-OH is 1. The molecule has 192 valence electrons. The summed E-state index contributed by atoms with van der Waals surface area (Å²) in [6.45, 7) is 0. The van der Waals surface area contributed by atoms with Gasteiger partial charge < -0.3 is 28.8 Å². The first kappa shape index (κ1) is 25.5. The number of hydrogen-bond donors (Lipinski definition) is 1. The van der Waals surface area contributed by atoms with Gasteiger partial charge in [0.1, 0.15) is 18.3 Å². The first-order valence-electron chi connectivity index (χ1n) is 11.7. The molecule has 0 spiro atoms. The minimum Gasteiger partial charge on any atom is -0.493 e. The van der Waals surface area contributed by atoms with Gasteiger partial charge in [0.05, 0.1) is 32.9 Å². The van der Waals surface area contributed by atoms with Crippen LogP contribution in [0.25, 0.3) is 6.08 Å². The number of nitrogens with zero attached hydrogens (tertiary/aromatic N) is 1. The number of rotatable bonds is 8. The molecule has 0 aliphatic carbocycles. The van der Waals surface area contributed by atoms with E-state index in [0.29, 0.717) is 41.2 Å². The molecule has 2 aromatic carbocycles. The third kappa shape index (κ3) is 5.17. The summed E-state index contributed by atoms with van der Waals surface area (Å²) in [5, 5.41) is 10.9. The van der Waals surface area contributed by atoms with Crippen molar-refractivity contribution in [2.24, 2.45) is 0 Å². The van der Waals surface area contributed by atoms with Crippen LogP contribution in [0.15, 0.2) is 48.5 Å². The van der Waals surface area contributed by atoms with E-state index < -0.39 is 30.3 Å². The summed E-state index contributed by atoms with van der Waals surface area (Å²) in [4.78, 5) is 27.2. The third-order valence-electron chi connectivity index (χ3n) is 6.80. The van der Waals surface area contributed by atoms with Gasteiger partial charge in [-0.25, -0.2) is 9.59 Å². The van der Waals surface area contributed by atoms with Crippen LogP contribution in [0.3, 0.4) is 0 Å². The lowest BCUT2D eigenvalue weighted by molar-refractivity contribution is -0.146. The Labute approximate surface area is 210 Å². The highest BCUT2D eigenvalue weighted by Gasteiger charge is 2.53. The number of likely N-dealkylation sites (N-methyl/N-ethyl adjacent to an activating group) is 1. The fourth-order valence-corrected chi connectivity index (χ4v) is 4.98. The zero-order valence-electron chi connectivity index (χ0n) is 20.7. The Balaban J connectivity index is 1.41. The molecule has 4 rings (SSSR count). The Morgan fingerprint density at radius 1 is 0.944 bits per heavy atom. The van der Waals surface area contributed by atoms with Crippen molar-refractivity contribution < 1.29 is 38.4 Å². The van der Waals surface area contributed by atoms with Gasteiger partial charge in [-0.3, -0.25) is 4.90 Å². The smallest absolute Gasteiger partial charge is 0.338 e. The zero-order chi connectivity index (χ0) is 25.8. The summed E-state index contributed by atoms with van der Waals surface area (Å²) in [7, 11) is 6.45. The topological polar surface area (TPSA) is 104 Å². The molecule has 2 heterocycles. The molecule has 2 fully saturated rings. The molecule has 2 aliphatic heterocycles. The first-order chi connectivity index (χ1) is 17.4. The van der Waals surface area contributed by atoms with Crippen LogP contribution < -0.4 is 14.2 Å². The zero-order valence-corrected chi connectivity index (χ0v) is 20.7. The highest BCUT2D eigenvalue weighted by molar-refractivity contribution is 5.89. The highest BCUT2D eigenvalue weighted by Crippen LogP contribution is 2.39. The average Bonchev–Trinajstić information content (AvgIpc) is 3.01. The molecule has 2 aliphatic rings. The average molecular weight is 498 g/mol. The van der Waals surface area contributed by atoms with Crippen molar-refractivity contribution in [3.05, 3.63) is 59.7 Å². The van der Waals surface area contributed by atoms with Crippen LogP contribution in [-0.2, 0) is 14.3 Å². The maximum absolute atomic E-state index is 12.6. The molecular formula is C27H31NO8. The van der Waals surface area contributed by atoms with Crippen molar-refractivity contribution >= 4 is 18.0 Å². The van der Waals surface area contributed by atoms with E-state index in [-0.39, 0.29) is 12.1 Å². The summed E-state index contributed by atoms with van der Waals surface area (Å²) in [5.41, 5.74) is 1.10. The highest BCUT2D eigenvalue weighted by atomic mass is 16.6. The fourth-order valence-electron chi connectivity index (χ4n) is 4.98. The van der Waals surface area contributed by atoms with Crippen LogP contribution in [0.4, 0.5) is 0 Å². The van der Waals surface area contributed by atoms with Gasteiger partial charge in [0.2, 0.25) is 5.75 Å². The van der Waals surface area contributed by atoms with Crippen molar-refractivity contribution in [3.8, 4) is 17.2 Å². The lowest BCUT2D eigenvalue weighted by Gasteiger charge is -2.35. The molecule has 1 N–H and O–H groups in total. The van der Waals surface area contributed by atoms with Gasteiger partial charge in [-0.1, -0.05) is 18.2 Å². The second kappa shape index (κ2) is 11.0. The van der Waals surface area contributed by atoms with E-state index >= 15 is 0 Å². The van der Waals surface area contributed by atoms with Crippen LogP contribution in [0.5, 0.6) is 17.2 Å². The summed E-state index contributed by atoms with van der Waals surface area (Å²) in [5.74, 6) is 0.415. The number of hydrogen-bond acceptors (Lipinski definition) is 9. The van der Waals surface area contributed by atoms with Crippen molar-refractivity contribution in [2.45, 2.75) is 43.2 Å². The fraction of sp³-hybridized carbons (Fsp3) is 0.407. The van der Waals surface area contributed by atoms with Gasteiger partial charge in [0, 0.05) is 25.0 Å². The molecule has 0 saturated carbocycles. The number of carbonyl (C=O) groups excluding carboxylic acids is 2. The van der Waals surface area contributed by atoms with Crippen LogP contribution in [0.1, 0.15) is 28.8 Å². The molecule has 5 atom stereocenters. The van der Waals surface area contributed by atoms with Gasteiger partial charge in [-0.15, -0.1) is 0 Å². The second-order valence-corrected chi connectivity index (χ2v) is 8.85. The molecule has 0 aromatic heterocycles. The molecule has 36 heavy (non-hydrogen) atoms. The summed E-state index contributed by atoms with van der Waals surface area (Å²) >= 11 is 0. The summed E-state index contributed by atoms with van der Waals surface area (Å²) in [6.07, 6.45) is 1.85. The van der Waals surface area contributed by atoms with Gasteiger partial charge in [-0.05, 0) is 43.0 Å². The predicted molar refractivity (Wildman–Crippen MR) is 131 cm³/mol. The number of benzene rings is 2. The number of piperidine rings is 1. The molecule has 0 radical (unpaired) electrons. The summed E-state index contributed by atoms with van der Waals surface area (Å²) < 4.78 is 27.4. The van der Waals surface area contributed by atoms with Gasteiger partial charge in [0.25, 0.3) is 0 Å². The number of carbonyl (C=O) groups is 2. The molecule has 2 aromatic rings. The molecule has 2 bridgehead atoms. The normalized spacial score (nSPS) is 25.4.